The monoisotopic (exact) mass is 415 g/mol. The van der Waals surface area contributed by atoms with Crippen LogP contribution in [-0.4, -0.2) is 18.2 Å². The van der Waals surface area contributed by atoms with Crippen molar-refractivity contribution in [1.82, 2.24) is 0 Å². The van der Waals surface area contributed by atoms with E-state index in [1.54, 1.807) is 6.07 Å². The third kappa shape index (κ3) is 3.72. The SMILES string of the molecule is COC(=O)c1cc([S+](c2ccccc2)c2ccccc2)cc(Br)c1O. The molecule has 0 atom stereocenters. The molecule has 0 heterocycles. The molecule has 0 unspecified atom stereocenters. The molecule has 3 aromatic carbocycles. The first kappa shape index (κ1) is 17.6. The first-order valence-electron chi connectivity index (χ1n) is 7.57. The molecule has 0 bridgehead atoms. The Balaban J connectivity index is 2.21. The van der Waals surface area contributed by atoms with Crippen molar-refractivity contribution in [2.45, 2.75) is 14.7 Å². The normalized spacial score (nSPS) is 10.7. The molecule has 0 amide bonds. The van der Waals surface area contributed by atoms with Gasteiger partial charge in [0, 0.05) is 12.1 Å². The van der Waals surface area contributed by atoms with Crippen molar-refractivity contribution in [3.63, 3.8) is 0 Å². The van der Waals surface area contributed by atoms with Gasteiger partial charge in [0.1, 0.15) is 11.3 Å². The van der Waals surface area contributed by atoms with Crippen LogP contribution in [0.1, 0.15) is 10.4 Å². The van der Waals surface area contributed by atoms with Gasteiger partial charge in [-0.05, 0) is 40.2 Å². The van der Waals surface area contributed by atoms with E-state index in [0.29, 0.717) is 4.47 Å². The minimum absolute atomic E-state index is 0.111. The second-order valence-electron chi connectivity index (χ2n) is 5.23. The third-order valence-corrected chi connectivity index (χ3v) is 6.43. The van der Waals surface area contributed by atoms with Crippen molar-refractivity contribution in [3.05, 3.63) is 82.8 Å². The molecule has 25 heavy (non-hydrogen) atoms. The zero-order valence-corrected chi connectivity index (χ0v) is 15.9. The van der Waals surface area contributed by atoms with Crippen molar-refractivity contribution >= 4 is 32.8 Å². The van der Waals surface area contributed by atoms with Gasteiger partial charge >= 0.3 is 5.97 Å². The Bertz CT molecular complexity index is 843. The molecule has 0 saturated carbocycles. The van der Waals surface area contributed by atoms with Gasteiger partial charge in [0.15, 0.2) is 14.7 Å². The summed E-state index contributed by atoms with van der Waals surface area (Å²) in [4.78, 5) is 15.2. The molecule has 3 aromatic rings. The molecule has 0 saturated heterocycles. The van der Waals surface area contributed by atoms with Crippen LogP contribution in [0, 0.1) is 0 Å². The smallest absolute Gasteiger partial charge is 0.341 e. The van der Waals surface area contributed by atoms with E-state index < -0.39 is 16.9 Å². The fraction of sp³-hybridized carbons (Fsp3) is 0.0500. The third-order valence-electron chi connectivity index (χ3n) is 3.64. The first-order chi connectivity index (χ1) is 12.1. The fourth-order valence-corrected chi connectivity index (χ4v) is 5.24. The van der Waals surface area contributed by atoms with Gasteiger partial charge in [-0.15, -0.1) is 0 Å². The topological polar surface area (TPSA) is 46.5 Å². The van der Waals surface area contributed by atoms with Crippen LogP contribution < -0.4 is 0 Å². The van der Waals surface area contributed by atoms with Gasteiger partial charge in [-0.25, -0.2) is 4.79 Å². The fourth-order valence-electron chi connectivity index (χ4n) is 2.48. The predicted octanol–water partition coefficient (Wildman–Crippen LogP) is 5.04. The van der Waals surface area contributed by atoms with E-state index in [2.05, 4.69) is 40.2 Å². The number of hydrogen-bond acceptors (Lipinski definition) is 3. The van der Waals surface area contributed by atoms with Crippen LogP contribution in [0.15, 0.2) is 92.0 Å². The molecule has 1 N–H and O–H groups in total. The maximum absolute atomic E-state index is 12.0. The van der Waals surface area contributed by atoms with Crippen LogP contribution in [0.5, 0.6) is 5.75 Å². The number of ether oxygens (including phenoxy) is 1. The maximum atomic E-state index is 12.0. The van der Waals surface area contributed by atoms with Crippen molar-refractivity contribution < 1.29 is 14.6 Å². The second kappa shape index (κ2) is 7.76. The highest BCUT2D eigenvalue weighted by Gasteiger charge is 2.31. The van der Waals surface area contributed by atoms with Crippen molar-refractivity contribution in [2.75, 3.05) is 7.11 Å². The van der Waals surface area contributed by atoms with Gasteiger partial charge < -0.3 is 9.84 Å². The lowest BCUT2D eigenvalue weighted by Crippen LogP contribution is -2.08. The number of hydrogen-bond donors (Lipinski definition) is 1. The van der Waals surface area contributed by atoms with Crippen LogP contribution >= 0.6 is 15.9 Å². The molecular weight excluding hydrogens is 400 g/mol. The Morgan fingerprint density at radius 2 is 1.44 bits per heavy atom. The Labute approximate surface area is 157 Å². The molecule has 126 valence electrons. The summed E-state index contributed by atoms with van der Waals surface area (Å²) < 4.78 is 5.27. The number of aromatic hydroxyl groups is 1. The summed E-state index contributed by atoms with van der Waals surface area (Å²) in [6.07, 6.45) is 0. The number of carbonyl (C=O) groups is 1. The van der Waals surface area contributed by atoms with Crippen LogP contribution in [0.4, 0.5) is 0 Å². The lowest BCUT2D eigenvalue weighted by Gasteiger charge is -2.11. The zero-order valence-electron chi connectivity index (χ0n) is 13.5. The number of carbonyl (C=O) groups excluding carboxylic acids is 1. The van der Waals surface area contributed by atoms with E-state index in [0.717, 1.165) is 14.7 Å². The molecule has 0 aliphatic carbocycles. The summed E-state index contributed by atoms with van der Waals surface area (Å²) in [5.74, 6) is -0.676. The summed E-state index contributed by atoms with van der Waals surface area (Å²) in [5, 5.41) is 10.2. The zero-order chi connectivity index (χ0) is 17.8. The Morgan fingerprint density at radius 3 is 1.92 bits per heavy atom. The van der Waals surface area contributed by atoms with Gasteiger partial charge in [-0.3, -0.25) is 0 Å². The van der Waals surface area contributed by atoms with E-state index in [1.807, 2.05) is 42.5 Å². The average Bonchev–Trinajstić information content (AvgIpc) is 2.66. The molecule has 3 nitrogen and oxygen atoms in total. The number of benzene rings is 3. The van der Waals surface area contributed by atoms with E-state index in [-0.39, 0.29) is 11.3 Å². The number of phenols is 1. The van der Waals surface area contributed by atoms with Crippen molar-refractivity contribution in [2.24, 2.45) is 0 Å². The molecule has 5 heteroatoms. The minimum atomic E-state index is -0.565. The molecular formula is C20H16BrO3S+. The van der Waals surface area contributed by atoms with Gasteiger partial charge in [-0.1, -0.05) is 36.4 Å². The molecule has 0 aliphatic heterocycles. The van der Waals surface area contributed by atoms with Crippen LogP contribution in [0.3, 0.4) is 0 Å². The highest BCUT2D eigenvalue weighted by molar-refractivity contribution is 9.10. The summed E-state index contributed by atoms with van der Waals surface area (Å²) in [6, 6.07) is 23.7. The average molecular weight is 416 g/mol. The second-order valence-corrected chi connectivity index (χ2v) is 8.11. The first-order valence-corrected chi connectivity index (χ1v) is 9.59. The number of esters is 1. The van der Waals surface area contributed by atoms with E-state index in [1.165, 1.54) is 7.11 Å². The van der Waals surface area contributed by atoms with E-state index in [9.17, 15) is 9.90 Å². The van der Waals surface area contributed by atoms with Crippen molar-refractivity contribution in [3.8, 4) is 5.75 Å². The van der Waals surface area contributed by atoms with Gasteiger partial charge in [0.2, 0.25) is 0 Å². The highest BCUT2D eigenvalue weighted by atomic mass is 79.9. The molecule has 0 radical (unpaired) electrons. The van der Waals surface area contributed by atoms with Gasteiger partial charge in [-0.2, -0.15) is 0 Å². The standard InChI is InChI=1S/C20H15BrO3S/c1-24-20(23)17-12-16(13-18(21)19(17)22)25(14-8-4-2-5-9-14)15-10-6-3-7-11-15/h2-13H,1H3/p+1. The quantitative estimate of drug-likeness (QED) is 0.479. The molecule has 3 rings (SSSR count). The molecule has 0 fully saturated rings. The maximum Gasteiger partial charge on any atom is 0.341 e. The molecule has 0 aliphatic rings. The summed E-state index contributed by atoms with van der Waals surface area (Å²) >= 11 is 3.35. The van der Waals surface area contributed by atoms with Crippen molar-refractivity contribution in [1.29, 1.82) is 0 Å². The summed E-state index contributed by atoms with van der Waals surface area (Å²) in [6.45, 7) is 0. The van der Waals surface area contributed by atoms with Gasteiger partial charge in [0.25, 0.3) is 0 Å². The Kier molecular flexibility index (Phi) is 5.46. The molecule has 0 aromatic heterocycles. The number of rotatable bonds is 4. The lowest BCUT2D eigenvalue weighted by molar-refractivity contribution is 0.0597. The van der Waals surface area contributed by atoms with E-state index in [4.69, 9.17) is 4.74 Å². The minimum Gasteiger partial charge on any atom is -0.506 e. The number of halogens is 1. The summed E-state index contributed by atoms with van der Waals surface area (Å²) in [5.41, 5.74) is 0.149. The van der Waals surface area contributed by atoms with Crippen LogP contribution in [-0.2, 0) is 15.6 Å². The molecule has 0 spiro atoms. The van der Waals surface area contributed by atoms with Crippen LogP contribution in [0.25, 0.3) is 0 Å². The van der Waals surface area contributed by atoms with Gasteiger partial charge in [0.05, 0.1) is 22.5 Å². The Hall–Kier alpha value is -2.24. The Morgan fingerprint density at radius 1 is 0.920 bits per heavy atom. The lowest BCUT2D eigenvalue weighted by atomic mass is 10.2. The predicted molar refractivity (Wildman–Crippen MR) is 102 cm³/mol. The van der Waals surface area contributed by atoms with E-state index >= 15 is 0 Å². The number of phenolic OH excluding ortho intramolecular Hbond substituents is 1. The largest absolute Gasteiger partial charge is 0.506 e. The highest BCUT2D eigenvalue weighted by Crippen LogP contribution is 2.37. The summed E-state index contributed by atoms with van der Waals surface area (Å²) in [7, 11) is 0.891. The van der Waals surface area contributed by atoms with Crippen LogP contribution in [0.2, 0.25) is 0 Å². The number of methoxy groups -OCH3 is 1.